The summed E-state index contributed by atoms with van der Waals surface area (Å²) in [5, 5.41) is 14.8. The lowest BCUT2D eigenvalue weighted by Gasteiger charge is -2.17. The molecule has 122 valence electrons. The highest BCUT2D eigenvalue weighted by Crippen LogP contribution is 2.32. The molecule has 1 N–H and O–H groups in total. The number of nitro groups is 1. The van der Waals surface area contributed by atoms with E-state index in [9.17, 15) is 18.5 Å². The molecule has 0 amide bonds. The molecule has 1 atom stereocenters. The lowest BCUT2D eigenvalue weighted by Crippen LogP contribution is -2.09. The Morgan fingerprint density at radius 3 is 2.43 bits per heavy atom. The topological polar surface area (TPSA) is 89.3 Å². The van der Waals surface area contributed by atoms with E-state index in [1.807, 2.05) is 19.1 Å². The van der Waals surface area contributed by atoms with Crippen LogP contribution in [0.4, 0.5) is 11.4 Å². The highest BCUT2D eigenvalue weighted by molar-refractivity contribution is 7.90. The van der Waals surface area contributed by atoms with E-state index in [4.69, 9.17) is 11.6 Å². The van der Waals surface area contributed by atoms with Crippen molar-refractivity contribution in [2.45, 2.75) is 17.9 Å². The van der Waals surface area contributed by atoms with Crippen molar-refractivity contribution in [2.24, 2.45) is 0 Å². The lowest BCUT2D eigenvalue weighted by atomic mass is 10.1. The molecule has 0 fully saturated rings. The van der Waals surface area contributed by atoms with E-state index in [0.29, 0.717) is 5.02 Å². The molecule has 0 saturated heterocycles. The van der Waals surface area contributed by atoms with Gasteiger partial charge in [-0.2, -0.15) is 0 Å². The summed E-state index contributed by atoms with van der Waals surface area (Å²) in [6.07, 6.45) is 1.01. The Morgan fingerprint density at radius 2 is 1.87 bits per heavy atom. The van der Waals surface area contributed by atoms with Crippen molar-refractivity contribution >= 4 is 32.8 Å². The molecule has 0 spiro atoms. The maximum absolute atomic E-state index is 11.5. The molecule has 2 aromatic rings. The molecule has 0 aliphatic rings. The van der Waals surface area contributed by atoms with Gasteiger partial charge < -0.3 is 5.32 Å². The van der Waals surface area contributed by atoms with Crippen LogP contribution in [-0.2, 0) is 9.84 Å². The third-order valence-electron chi connectivity index (χ3n) is 3.34. The smallest absolute Gasteiger partial charge is 0.293 e. The first-order valence-electron chi connectivity index (χ1n) is 6.69. The number of nitro benzene ring substituents is 1. The van der Waals surface area contributed by atoms with Crippen molar-refractivity contribution in [3.8, 4) is 0 Å². The van der Waals surface area contributed by atoms with Crippen molar-refractivity contribution in [3.63, 3.8) is 0 Å². The van der Waals surface area contributed by atoms with Gasteiger partial charge in [-0.15, -0.1) is 0 Å². The van der Waals surface area contributed by atoms with Crippen LogP contribution in [0.25, 0.3) is 0 Å². The molecule has 0 aromatic heterocycles. The van der Waals surface area contributed by atoms with E-state index in [0.717, 1.165) is 17.9 Å². The fraction of sp³-hybridized carbons (Fsp3) is 0.200. The van der Waals surface area contributed by atoms with Crippen LogP contribution in [0.2, 0.25) is 5.02 Å². The van der Waals surface area contributed by atoms with Gasteiger partial charge >= 0.3 is 0 Å². The van der Waals surface area contributed by atoms with Crippen LogP contribution in [0.1, 0.15) is 18.5 Å². The minimum atomic E-state index is -3.52. The normalized spacial score (nSPS) is 12.7. The number of nitrogens with one attached hydrogen (secondary N) is 1. The highest BCUT2D eigenvalue weighted by Gasteiger charge is 2.20. The number of hydrogen-bond acceptors (Lipinski definition) is 5. The predicted molar refractivity (Wildman–Crippen MR) is 89.7 cm³/mol. The first-order valence-corrected chi connectivity index (χ1v) is 8.96. The number of anilines is 1. The Labute approximate surface area is 139 Å². The van der Waals surface area contributed by atoms with Gasteiger partial charge in [0, 0.05) is 17.3 Å². The molecule has 0 radical (unpaired) electrons. The number of hydrogen-bond donors (Lipinski definition) is 1. The average Bonchev–Trinajstić information content (AvgIpc) is 2.46. The second-order valence-electron chi connectivity index (χ2n) is 5.10. The maximum Gasteiger partial charge on any atom is 0.293 e. The summed E-state index contributed by atoms with van der Waals surface area (Å²) in [7, 11) is -3.52. The van der Waals surface area contributed by atoms with Crippen LogP contribution in [0.3, 0.4) is 0 Å². The summed E-state index contributed by atoms with van der Waals surface area (Å²) in [6, 6.07) is 10.7. The second-order valence-corrected chi connectivity index (χ2v) is 7.52. The van der Waals surface area contributed by atoms with E-state index in [1.165, 1.54) is 12.1 Å². The fourth-order valence-corrected chi connectivity index (χ4v) is 3.09. The predicted octanol–water partition coefficient (Wildman–Crippen LogP) is 3.82. The molecule has 0 saturated carbocycles. The molecular weight excluding hydrogens is 340 g/mol. The lowest BCUT2D eigenvalue weighted by molar-refractivity contribution is -0.384. The van der Waals surface area contributed by atoms with Crippen molar-refractivity contribution in [1.29, 1.82) is 0 Å². The number of sulfone groups is 1. The monoisotopic (exact) mass is 354 g/mol. The third-order valence-corrected chi connectivity index (χ3v) is 4.79. The van der Waals surface area contributed by atoms with Crippen LogP contribution < -0.4 is 5.32 Å². The van der Waals surface area contributed by atoms with E-state index in [2.05, 4.69) is 5.32 Å². The Morgan fingerprint density at radius 1 is 1.22 bits per heavy atom. The highest BCUT2D eigenvalue weighted by atomic mass is 35.5. The van der Waals surface area contributed by atoms with Crippen molar-refractivity contribution < 1.29 is 13.3 Å². The Hall–Kier alpha value is -2.12. The zero-order valence-corrected chi connectivity index (χ0v) is 14.1. The zero-order chi connectivity index (χ0) is 17.2. The maximum atomic E-state index is 11.5. The molecule has 0 aliphatic carbocycles. The molecular formula is C15H15ClN2O4S. The molecule has 2 aromatic carbocycles. The van der Waals surface area contributed by atoms with Crippen LogP contribution >= 0.6 is 11.6 Å². The molecule has 23 heavy (non-hydrogen) atoms. The summed E-state index contributed by atoms with van der Waals surface area (Å²) in [4.78, 5) is 10.5. The van der Waals surface area contributed by atoms with Crippen molar-refractivity contribution in [1.82, 2.24) is 0 Å². The van der Waals surface area contributed by atoms with Crippen LogP contribution in [0.15, 0.2) is 47.4 Å². The molecule has 0 unspecified atom stereocenters. The SMILES string of the molecule is C[C@@H](Nc1ccc(S(C)(=O)=O)cc1[N+](=O)[O-])c1ccccc1Cl. The van der Waals surface area contributed by atoms with Gasteiger partial charge in [0.15, 0.2) is 9.84 Å². The molecule has 0 heterocycles. The van der Waals surface area contributed by atoms with Crippen LogP contribution in [-0.4, -0.2) is 19.6 Å². The van der Waals surface area contributed by atoms with Gasteiger partial charge in [-0.05, 0) is 30.7 Å². The minimum Gasteiger partial charge on any atom is -0.373 e. The first-order chi connectivity index (χ1) is 10.7. The number of halogens is 1. The number of benzene rings is 2. The second kappa shape index (κ2) is 6.55. The van der Waals surface area contributed by atoms with Crippen LogP contribution in [0, 0.1) is 10.1 Å². The van der Waals surface area contributed by atoms with Gasteiger partial charge in [0.25, 0.3) is 5.69 Å². The van der Waals surface area contributed by atoms with E-state index in [-0.39, 0.29) is 22.3 Å². The quantitative estimate of drug-likeness (QED) is 0.651. The van der Waals surface area contributed by atoms with E-state index < -0.39 is 14.8 Å². The molecule has 8 heteroatoms. The van der Waals surface area contributed by atoms with Crippen molar-refractivity contribution in [3.05, 3.63) is 63.2 Å². The molecule has 0 aliphatic heterocycles. The number of nitrogens with zero attached hydrogens (tertiary/aromatic N) is 1. The van der Waals surface area contributed by atoms with Gasteiger partial charge in [0.2, 0.25) is 0 Å². The van der Waals surface area contributed by atoms with Gasteiger partial charge in [-0.3, -0.25) is 10.1 Å². The average molecular weight is 355 g/mol. The summed E-state index contributed by atoms with van der Waals surface area (Å²) >= 11 is 6.12. The van der Waals surface area contributed by atoms with Gasteiger partial charge in [-0.1, -0.05) is 29.8 Å². The summed E-state index contributed by atoms with van der Waals surface area (Å²) in [5.74, 6) is 0. The van der Waals surface area contributed by atoms with E-state index in [1.54, 1.807) is 12.1 Å². The molecule has 6 nitrogen and oxygen atoms in total. The standard InChI is InChI=1S/C15H15ClN2O4S/c1-10(12-5-3-4-6-13(12)16)17-14-8-7-11(23(2,21)22)9-15(14)18(19)20/h3-10,17H,1-2H3/t10-/m1/s1. The van der Waals surface area contributed by atoms with E-state index >= 15 is 0 Å². The Kier molecular flexibility index (Phi) is 4.91. The first kappa shape index (κ1) is 17.2. The zero-order valence-electron chi connectivity index (χ0n) is 12.5. The summed E-state index contributed by atoms with van der Waals surface area (Å²) < 4.78 is 23.1. The largest absolute Gasteiger partial charge is 0.373 e. The summed E-state index contributed by atoms with van der Waals surface area (Å²) in [5.41, 5.74) is 0.720. The van der Waals surface area contributed by atoms with Crippen molar-refractivity contribution in [2.75, 3.05) is 11.6 Å². The molecule has 2 rings (SSSR count). The third kappa shape index (κ3) is 4.00. The van der Waals surface area contributed by atoms with Gasteiger partial charge in [0.1, 0.15) is 5.69 Å². The Bertz CT molecular complexity index is 852. The Balaban J connectivity index is 2.40. The fourth-order valence-electron chi connectivity index (χ4n) is 2.15. The minimum absolute atomic E-state index is 0.0971. The summed E-state index contributed by atoms with van der Waals surface area (Å²) in [6.45, 7) is 1.81. The number of rotatable bonds is 5. The van der Waals surface area contributed by atoms with Gasteiger partial charge in [-0.25, -0.2) is 8.42 Å². The van der Waals surface area contributed by atoms with Gasteiger partial charge in [0.05, 0.1) is 15.9 Å². The van der Waals surface area contributed by atoms with Crippen LogP contribution in [0.5, 0.6) is 0 Å². The molecule has 0 bridgehead atoms.